The Morgan fingerprint density at radius 1 is 1.44 bits per heavy atom. The molecule has 1 saturated heterocycles. The Kier molecular flexibility index (Phi) is 3.50. The van der Waals surface area contributed by atoms with E-state index >= 15 is 0 Å². The molecule has 0 bridgehead atoms. The molecule has 4 heteroatoms. The molecule has 0 saturated carbocycles. The predicted molar refractivity (Wildman–Crippen MR) is 71.0 cm³/mol. The fourth-order valence-corrected chi connectivity index (χ4v) is 2.64. The Hall–Kier alpha value is -0.610. The maximum atomic E-state index is 4.50. The normalized spacial score (nSPS) is 22.5. The minimum Gasteiger partial charge on any atom is -0.350 e. The van der Waals surface area contributed by atoms with Gasteiger partial charge < -0.3 is 9.80 Å². The number of nitrogens with zero attached hydrogens (tertiary/aromatic N) is 3. The lowest BCUT2D eigenvalue weighted by Crippen LogP contribution is -2.51. The second-order valence-corrected chi connectivity index (χ2v) is 5.36. The lowest BCUT2D eigenvalue weighted by molar-refractivity contribution is 0.274. The molecule has 1 aliphatic heterocycles. The minimum atomic E-state index is 0.518. The lowest BCUT2D eigenvalue weighted by Gasteiger charge is -2.39. The van der Waals surface area contributed by atoms with Crippen LogP contribution in [0.15, 0.2) is 16.7 Å². The summed E-state index contributed by atoms with van der Waals surface area (Å²) in [5.41, 5.74) is 1.25. The number of hydrogen-bond donors (Lipinski definition) is 0. The van der Waals surface area contributed by atoms with Gasteiger partial charge in [0.2, 0.25) is 0 Å². The quantitative estimate of drug-likeness (QED) is 0.789. The third-order valence-corrected chi connectivity index (χ3v) is 4.15. The summed E-state index contributed by atoms with van der Waals surface area (Å²) in [5, 5.41) is 0. The molecule has 0 aliphatic carbocycles. The topological polar surface area (TPSA) is 19.4 Å². The molecule has 0 amide bonds. The van der Waals surface area contributed by atoms with Gasteiger partial charge in [-0.2, -0.15) is 0 Å². The summed E-state index contributed by atoms with van der Waals surface area (Å²) in [4.78, 5) is 9.25. The Bertz CT molecular complexity index is 381. The molecule has 0 spiro atoms. The van der Waals surface area contributed by atoms with Crippen LogP contribution in [0.5, 0.6) is 0 Å². The molecule has 0 N–H and O–H groups in total. The maximum absolute atomic E-state index is 4.50. The van der Waals surface area contributed by atoms with Crippen molar-refractivity contribution in [1.29, 1.82) is 0 Å². The van der Waals surface area contributed by atoms with Crippen LogP contribution < -0.4 is 4.90 Å². The summed E-state index contributed by atoms with van der Waals surface area (Å²) in [7, 11) is 2.17. The SMILES string of the molecule is Cc1ccnc(N2CCN(C)CC2C)c1Br. The van der Waals surface area contributed by atoms with E-state index in [1.165, 1.54) is 5.56 Å². The average Bonchev–Trinajstić information content (AvgIpc) is 2.23. The fraction of sp³-hybridized carbons (Fsp3) is 0.583. The number of pyridine rings is 1. The van der Waals surface area contributed by atoms with Gasteiger partial charge in [0.15, 0.2) is 0 Å². The van der Waals surface area contributed by atoms with Crippen molar-refractivity contribution >= 4 is 21.7 Å². The molecule has 0 radical (unpaired) electrons. The minimum absolute atomic E-state index is 0.518. The van der Waals surface area contributed by atoms with Crippen LogP contribution in [-0.4, -0.2) is 42.6 Å². The summed E-state index contributed by atoms with van der Waals surface area (Å²) < 4.78 is 1.13. The van der Waals surface area contributed by atoms with Crippen LogP contribution in [0, 0.1) is 6.92 Å². The highest BCUT2D eigenvalue weighted by Gasteiger charge is 2.24. The van der Waals surface area contributed by atoms with E-state index in [-0.39, 0.29) is 0 Å². The molecule has 1 aliphatic rings. The molecule has 3 nitrogen and oxygen atoms in total. The maximum Gasteiger partial charge on any atom is 0.143 e. The highest BCUT2D eigenvalue weighted by molar-refractivity contribution is 9.10. The highest BCUT2D eigenvalue weighted by Crippen LogP contribution is 2.29. The van der Waals surface area contributed by atoms with Crippen LogP contribution >= 0.6 is 15.9 Å². The van der Waals surface area contributed by atoms with Gasteiger partial charge in [-0.05, 0) is 48.5 Å². The van der Waals surface area contributed by atoms with Gasteiger partial charge in [-0.15, -0.1) is 0 Å². The first-order valence-corrected chi connectivity index (χ1v) is 6.45. The zero-order chi connectivity index (χ0) is 11.7. The van der Waals surface area contributed by atoms with Crippen molar-refractivity contribution in [2.24, 2.45) is 0 Å². The molecule has 1 atom stereocenters. The molecule has 1 aromatic heterocycles. The van der Waals surface area contributed by atoms with Gasteiger partial charge in [0.1, 0.15) is 5.82 Å². The molecule has 88 valence electrons. The number of piperazine rings is 1. The smallest absolute Gasteiger partial charge is 0.143 e. The van der Waals surface area contributed by atoms with E-state index in [9.17, 15) is 0 Å². The van der Waals surface area contributed by atoms with Gasteiger partial charge >= 0.3 is 0 Å². The average molecular weight is 284 g/mol. The first-order chi connectivity index (χ1) is 7.59. The van der Waals surface area contributed by atoms with Crippen LogP contribution in [0.3, 0.4) is 0 Å². The van der Waals surface area contributed by atoms with E-state index < -0.39 is 0 Å². The van der Waals surface area contributed by atoms with E-state index in [2.05, 4.69) is 51.6 Å². The third-order valence-electron chi connectivity index (χ3n) is 3.17. The molecular formula is C12H18BrN3. The first-order valence-electron chi connectivity index (χ1n) is 5.66. The monoisotopic (exact) mass is 283 g/mol. The first kappa shape index (κ1) is 11.9. The van der Waals surface area contributed by atoms with Gasteiger partial charge in [-0.25, -0.2) is 4.98 Å². The lowest BCUT2D eigenvalue weighted by atomic mass is 10.2. The number of aromatic nitrogens is 1. The molecular weight excluding hydrogens is 266 g/mol. The van der Waals surface area contributed by atoms with E-state index in [0.717, 1.165) is 29.9 Å². The predicted octanol–water partition coefficient (Wildman–Crippen LogP) is 2.29. The van der Waals surface area contributed by atoms with Gasteiger partial charge in [-0.3, -0.25) is 0 Å². The van der Waals surface area contributed by atoms with Crippen LogP contribution in [-0.2, 0) is 0 Å². The number of aryl methyl sites for hydroxylation is 1. The van der Waals surface area contributed by atoms with Crippen LogP contribution in [0.25, 0.3) is 0 Å². The standard InChI is InChI=1S/C12H18BrN3/c1-9-4-5-14-12(11(9)13)16-7-6-15(3)8-10(16)2/h4-5,10H,6-8H2,1-3H3. The van der Waals surface area contributed by atoms with Crippen LogP contribution in [0.1, 0.15) is 12.5 Å². The van der Waals surface area contributed by atoms with E-state index in [0.29, 0.717) is 6.04 Å². The summed E-state index contributed by atoms with van der Waals surface area (Å²) >= 11 is 3.64. The van der Waals surface area contributed by atoms with Gasteiger partial charge in [0.05, 0.1) is 4.47 Å². The van der Waals surface area contributed by atoms with Crippen molar-refractivity contribution in [3.8, 4) is 0 Å². The zero-order valence-electron chi connectivity index (χ0n) is 10.1. The molecule has 1 fully saturated rings. The third kappa shape index (κ3) is 2.23. The van der Waals surface area contributed by atoms with Crippen LogP contribution in [0.4, 0.5) is 5.82 Å². The summed E-state index contributed by atoms with van der Waals surface area (Å²) in [5.74, 6) is 1.08. The van der Waals surface area contributed by atoms with Gasteiger partial charge in [0, 0.05) is 31.9 Å². The molecule has 0 aromatic carbocycles. The van der Waals surface area contributed by atoms with E-state index in [4.69, 9.17) is 0 Å². The summed E-state index contributed by atoms with van der Waals surface area (Å²) in [6, 6.07) is 2.55. The zero-order valence-corrected chi connectivity index (χ0v) is 11.7. The van der Waals surface area contributed by atoms with Crippen molar-refractivity contribution in [1.82, 2.24) is 9.88 Å². The molecule has 2 heterocycles. The Labute approximate surface area is 106 Å². The van der Waals surface area contributed by atoms with Crippen molar-refractivity contribution in [2.45, 2.75) is 19.9 Å². The molecule has 16 heavy (non-hydrogen) atoms. The van der Waals surface area contributed by atoms with E-state index in [1.54, 1.807) is 0 Å². The second kappa shape index (κ2) is 4.72. The molecule has 2 rings (SSSR count). The Balaban J connectivity index is 2.27. The summed E-state index contributed by atoms with van der Waals surface area (Å²) in [6.45, 7) is 7.61. The molecule has 1 unspecified atom stereocenters. The van der Waals surface area contributed by atoms with Crippen molar-refractivity contribution < 1.29 is 0 Å². The van der Waals surface area contributed by atoms with Crippen LogP contribution in [0.2, 0.25) is 0 Å². The van der Waals surface area contributed by atoms with Gasteiger partial charge in [0.25, 0.3) is 0 Å². The van der Waals surface area contributed by atoms with Gasteiger partial charge in [-0.1, -0.05) is 0 Å². The Morgan fingerprint density at radius 3 is 2.88 bits per heavy atom. The molecule has 1 aromatic rings. The summed E-state index contributed by atoms with van der Waals surface area (Å²) in [6.07, 6.45) is 1.89. The number of likely N-dealkylation sites (N-methyl/N-ethyl adjacent to an activating group) is 1. The number of anilines is 1. The fourth-order valence-electron chi connectivity index (χ4n) is 2.18. The number of hydrogen-bond acceptors (Lipinski definition) is 3. The Morgan fingerprint density at radius 2 is 2.19 bits per heavy atom. The number of rotatable bonds is 1. The van der Waals surface area contributed by atoms with Crippen molar-refractivity contribution in [2.75, 3.05) is 31.6 Å². The van der Waals surface area contributed by atoms with E-state index in [1.807, 2.05) is 12.3 Å². The highest BCUT2D eigenvalue weighted by atomic mass is 79.9. The van der Waals surface area contributed by atoms with Crippen molar-refractivity contribution in [3.05, 3.63) is 22.3 Å². The largest absolute Gasteiger partial charge is 0.350 e. The van der Waals surface area contributed by atoms with Crippen molar-refractivity contribution in [3.63, 3.8) is 0 Å². The second-order valence-electron chi connectivity index (χ2n) is 4.57. The number of halogens is 1.